The number of piperidine rings is 1. The first kappa shape index (κ1) is 23.6. The Kier molecular flexibility index (Phi) is 7.55. The summed E-state index contributed by atoms with van der Waals surface area (Å²) in [5.74, 6) is -0.00557. The van der Waals surface area contributed by atoms with Gasteiger partial charge in [-0.05, 0) is 67.8 Å². The molecule has 0 bridgehead atoms. The van der Waals surface area contributed by atoms with Crippen LogP contribution < -0.4 is 5.32 Å². The number of carbonyl (C=O) groups excluding carboxylic acids is 2. The van der Waals surface area contributed by atoms with E-state index in [-0.39, 0.29) is 29.5 Å². The number of aromatic nitrogens is 1. The third-order valence-electron chi connectivity index (χ3n) is 6.28. The van der Waals surface area contributed by atoms with Crippen LogP contribution >= 0.6 is 22.7 Å². The van der Waals surface area contributed by atoms with E-state index in [9.17, 15) is 14.0 Å². The molecule has 2 aromatic heterocycles. The average Bonchev–Trinajstić information content (AvgIpc) is 3.48. The van der Waals surface area contributed by atoms with Crippen molar-refractivity contribution in [3.63, 3.8) is 0 Å². The van der Waals surface area contributed by atoms with Crippen LogP contribution in [0.2, 0.25) is 0 Å². The van der Waals surface area contributed by atoms with E-state index >= 15 is 0 Å². The largest absolute Gasteiger partial charge is 0.356 e. The van der Waals surface area contributed by atoms with Gasteiger partial charge in [0.05, 0.1) is 5.69 Å². The number of thiophene rings is 1. The third-order valence-corrected chi connectivity index (χ3v) is 8.41. The molecule has 1 aliphatic rings. The first-order valence-electron chi connectivity index (χ1n) is 11.2. The van der Waals surface area contributed by atoms with Crippen molar-refractivity contribution in [2.45, 2.75) is 33.1 Å². The number of nitrogens with one attached hydrogen (secondary N) is 1. The molecule has 5 nitrogen and oxygen atoms in total. The highest BCUT2D eigenvalue weighted by Gasteiger charge is 2.31. The molecule has 1 fully saturated rings. The molecule has 1 saturated heterocycles. The van der Waals surface area contributed by atoms with Gasteiger partial charge in [-0.2, -0.15) is 0 Å². The fourth-order valence-electron chi connectivity index (χ4n) is 4.20. The number of likely N-dealkylation sites (tertiary alicyclic amines) is 1. The van der Waals surface area contributed by atoms with Gasteiger partial charge in [0.1, 0.15) is 15.7 Å². The summed E-state index contributed by atoms with van der Waals surface area (Å²) in [5, 5.41) is 5.83. The van der Waals surface area contributed by atoms with Gasteiger partial charge < -0.3 is 10.2 Å². The lowest BCUT2D eigenvalue weighted by molar-refractivity contribution is -0.126. The van der Waals surface area contributed by atoms with Crippen LogP contribution in [0.5, 0.6) is 0 Å². The molecule has 174 valence electrons. The van der Waals surface area contributed by atoms with Crippen LogP contribution in [0.25, 0.3) is 10.6 Å². The first-order chi connectivity index (χ1) is 15.9. The lowest BCUT2D eigenvalue weighted by atomic mass is 9.84. The van der Waals surface area contributed by atoms with Crippen molar-refractivity contribution in [3.05, 3.63) is 63.0 Å². The summed E-state index contributed by atoms with van der Waals surface area (Å²) in [5.41, 5.74) is 1.51. The summed E-state index contributed by atoms with van der Waals surface area (Å²) >= 11 is 3.06. The summed E-state index contributed by atoms with van der Waals surface area (Å²) in [6.07, 6.45) is 2.49. The molecule has 3 aromatic rings. The van der Waals surface area contributed by atoms with E-state index in [2.05, 4.69) is 16.4 Å². The molecule has 3 heterocycles. The SMILES string of the molecule is Cc1nc(-c2ccc(F)cc2)sc1C(=O)N1CCC([C@@H](C)C(=O)NCCc2cccs2)CC1. The van der Waals surface area contributed by atoms with E-state index in [1.807, 2.05) is 30.2 Å². The molecule has 4 rings (SSSR count). The average molecular weight is 486 g/mol. The van der Waals surface area contributed by atoms with Crippen LogP contribution in [0.4, 0.5) is 4.39 Å². The van der Waals surface area contributed by atoms with E-state index in [0.717, 1.165) is 29.8 Å². The van der Waals surface area contributed by atoms with Crippen molar-refractivity contribution < 1.29 is 14.0 Å². The molecule has 1 atom stereocenters. The topological polar surface area (TPSA) is 62.3 Å². The summed E-state index contributed by atoms with van der Waals surface area (Å²) in [4.78, 5) is 34.0. The number of halogens is 1. The van der Waals surface area contributed by atoms with E-state index in [1.54, 1.807) is 23.5 Å². The second-order valence-electron chi connectivity index (χ2n) is 8.48. The van der Waals surface area contributed by atoms with Gasteiger partial charge in [0, 0.05) is 36.0 Å². The molecule has 1 N–H and O–H groups in total. The molecule has 2 amide bonds. The van der Waals surface area contributed by atoms with Gasteiger partial charge in [0.2, 0.25) is 5.91 Å². The summed E-state index contributed by atoms with van der Waals surface area (Å²) in [6.45, 7) is 5.76. The molecular formula is C25H28FN3O2S2. The third kappa shape index (κ3) is 5.68. The molecule has 0 spiro atoms. The van der Waals surface area contributed by atoms with Gasteiger partial charge >= 0.3 is 0 Å². The van der Waals surface area contributed by atoms with Crippen LogP contribution in [0, 0.1) is 24.6 Å². The van der Waals surface area contributed by atoms with Gasteiger partial charge in [-0.1, -0.05) is 13.0 Å². The molecule has 0 saturated carbocycles. The Hall–Kier alpha value is -2.58. The maximum atomic E-state index is 13.2. The second-order valence-corrected chi connectivity index (χ2v) is 10.5. The van der Waals surface area contributed by atoms with Gasteiger partial charge in [-0.25, -0.2) is 9.37 Å². The highest BCUT2D eigenvalue weighted by Crippen LogP contribution is 2.31. The Morgan fingerprint density at radius 3 is 2.61 bits per heavy atom. The fraction of sp³-hybridized carbons (Fsp3) is 0.400. The van der Waals surface area contributed by atoms with Gasteiger partial charge in [-0.3, -0.25) is 9.59 Å². The molecular weight excluding hydrogens is 457 g/mol. The van der Waals surface area contributed by atoms with Crippen molar-refractivity contribution in [2.75, 3.05) is 19.6 Å². The zero-order chi connectivity index (χ0) is 23.4. The zero-order valence-electron chi connectivity index (χ0n) is 18.8. The molecule has 0 radical (unpaired) electrons. The lowest BCUT2D eigenvalue weighted by Gasteiger charge is -2.34. The predicted octanol–water partition coefficient (Wildman–Crippen LogP) is 5.17. The molecule has 0 aliphatic carbocycles. The van der Waals surface area contributed by atoms with E-state index in [0.29, 0.717) is 30.2 Å². The Morgan fingerprint density at radius 2 is 1.94 bits per heavy atom. The minimum absolute atomic E-state index is 0.00939. The van der Waals surface area contributed by atoms with Crippen molar-refractivity contribution in [1.29, 1.82) is 0 Å². The molecule has 1 aliphatic heterocycles. The summed E-state index contributed by atoms with van der Waals surface area (Å²) in [6, 6.07) is 10.3. The monoisotopic (exact) mass is 485 g/mol. The van der Waals surface area contributed by atoms with Crippen LogP contribution in [0.3, 0.4) is 0 Å². The van der Waals surface area contributed by atoms with Crippen LogP contribution in [0.1, 0.15) is 40.0 Å². The van der Waals surface area contributed by atoms with Gasteiger partial charge in [0.25, 0.3) is 5.91 Å². The number of amides is 2. The number of benzene rings is 1. The van der Waals surface area contributed by atoms with E-state index < -0.39 is 0 Å². The molecule has 1 aromatic carbocycles. The maximum absolute atomic E-state index is 13.2. The standard InChI is InChI=1S/C25H28FN3O2S2/c1-16(23(30)27-12-9-21-4-3-15-32-21)18-10-13-29(14-11-18)25(31)22-17(2)28-24(33-22)19-5-7-20(26)8-6-19/h3-8,15-16,18H,9-14H2,1-2H3,(H,27,30)/t16-/m1/s1. The fourth-order valence-corrected chi connectivity index (χ4v) is 5.94. The highest BCUT2D eigenvalue weighted by atomic mass is 32.1. The van der Waals surface area contributed by atoms with Crippen molar-refractivity contribution in [1.82, 2.24) is 15.2 Å². The number of hydrogen-bond donors (Lipinski definition) is 1. The smallest absolute Gasteiger partial charge is 0.265 e. The Bertz CT molecular complexity index is 1090. The van der Waals surface area contributed by atoms with Crippen LogP contribution in [-0.4, -0.2) is 41.3 Å². The minimum Gasteiger partial charge on any atom is -0.356 e. The van der Waals surface area contributed by atoms with Crippen LogP contribution in [0.15, 0.2) is 41.8 Å². The highest BCUT2D eigenvalue weighted by molar-refractivity contribution is 7.17. The number of thiazole rings is 1. The number of aryl methyl sites for hydroxylation is 1. The Balaban J connectivity index is 1.29. The predicted molar refractivity (Wildman–Crippen MR) is 131 cm³/mol. The minimum atomic E-state index is -0.295. The molecule has 33 heavy (non-hydrogen) atoms. The number of rotatable bonds is 7. The van der Waals surface area contributed by atoms with Gasteiger partial charge in [-0.15, -0.1) is 22.7 Å². The maximum Gasteiger partial charge on any atom is 0.265 e. The number of hydrogen-bond acceptors (Lipinski definition) is 5. The normalized spacial score (nSPS) is 15.4. The zero-order valence-corrected chi connectivity index (χ0v) is 20.5. The van der Waals surface area contributed by atoms with Gasteiger partial charge in [0.15, 0.2) is 0 Å². The van der Waals surface area contributed by atoms with E-state index in [4.69, 9.17) is 0 Å². The van der Waals surface area contributed by atoms with Crippen molar-refractivity contribution >= 4 is 34.5 Å². The van der Waals surface area contributed by atoms with Crippen molar-refractivity contribution in [3.8, 4) is 10.6 Å². The van der Waals surface area contributed by atoms with E-state index in [1.165, 1.54) is 28.3 Å². The first-order valence-corrected chi connectivity index (χ1v) is 12.9. The number of carbonyl (C=O) groups is 2. The van der Waals surface area contributed by atoms with Crippen molar-refractivity contribution in [2.24, 2.45) is 11.8 Å². The quantitative estimate of drug-likeness (QED) is 0.502. The molecule has 8 heteroatoms. The lowest BCUT2D eigenvalue weighted by Crippen LogP contribution is -2.43. The second kappa shape index (κ2) is 10.6. The van der Waals surface area contributed by atoms with Crippen LogP contribution in [-0.2, 0) is 11.2 Å². The Morgan fingerprint density at radius 1 is 1.21 bits per heavy atom. The Labute approximate surface area is 201 Å². The molecule has 0 unspecified atom stereocenters. The number of nitrogens with zero attached hydrogens (tertiary/aromatic N) is 2. The summed E-state index contributed by atoms with van der Waals surface area (Å²) in [7, 11) is 0. The summed E-state index contributed by atoms with van der Waals surface area (Å²) < 4.78 is 13.2.